The topological polar surface area (TPSA) is 156 Å². The molecule has 10 nitrogen and oxygen atoms in total. The van der Waals surface area contributed by atoms with Crippen LogP contribution in [0, 0.1) is 6.92 Å². The standard InChI is InChI=1S/C27H30N6O4S/c1-14-10-11-19(37-5)18(12-14)33(26(36)23-20(28)21(24(29)34)32-38-23)22(25(35)31-27(2,3)4)16-13-30-17-9-7-6-8-15(16)17/h6-13,22,30H,28H2,1-5H3,(H2,29,34)(H,31,35)/t22-/m0/s1. The van der Waals surface area contributed by atoms with Gasteiger partial charge >= 0.3 is 0 Å². The maximum Gasteiger partial charge on any atom is 0.273 e. The number of nitrogens with one attached hydrogen (secondary N) is 2. The summed E-state index contributed by atoms with van der Waals surface area (Å²) in [6, 6.07) is 11.7. The fraction of sp³-hybridized carbons (Fsp3) is 0.259. The SMILES string of the molecule is COc1ccc(C)cc1N(C(=O)c1snc(C(N)=O)c1N)[C@H](C(=O)NC(C)(C)C)c1c[nH]c2ccccc12. The molecule has 0 fully saturated rings. The largest absolute Gasteiger partial charge is 0.495 e. The zero-order valence-electron chi connectivity index (χ0n) is 21.8. The second-order valence-electron chi connectivity index (χ2n) is 9.92. The Bertz CT molecular complexity index is 1530. The van der Waals surface area contributed by atoms with Gasteiger partial charge in [0.2, 0.25) is 5.91 Å². The summed E-state index contributed by atoms with van der Waals surface area (Å²) in [6.45, 7) is 7.44. The van der Waals surface area contributed by atoms with Gasteiger partial charge in [-0.15, -0.1) is 0 Å². The molecular formula is C27H30N6O4S. The van der Waals surface area contributed by atoms with Gasteiger partial charge in [-0.1, -0.05) is 24.3 Å². The van der Waals surface area contributed by atoms with E-state index in [0.29, 0.717) is 17.0 Å². The molecule has 0 aliphatic carbocycles. The summed E-state index contributed by atoms with van der Waals surface area (Å²) in [5, 5.41) is 3.78. The van der Waals surface area contributed by atoms with Crippen LogP contribution in [-0.4, -0.2) is 39.7 Å². The van der Waals surface area contributed by atoms with Crippen molar-refractivity contribution in [2.24, 2.45) is 5.73 Å². The number of fused-ring (bicyclic) bond motifs is 1. The van der Waals surface area contributed by atoms with Gasteiger partial charge in [-0.25, -0.2) is 0 Å². The van der Waals surface area contributed by atoms with Crippen LogP contribution in [0.3, 0.4) is 0 Å². The summed E-state index contributed by atoms with van der Waals surface area (Å²) in [5.41, 5.74) is 13.2. The number of para-hydroxylation sites is 1. The minimum absolute atomic E-state index is 0.0178. The first-order valence-corrected chi connectivity index (χ1v) is 12.6. The van der Waals surface area contributed by atoms with E-state index in [4.69, 9.17) is 16.2 Å². The molecule has 4 aromatic rings. The number of benzene rings is 2. The minimum atomic E-state index is -1.15. The smallest absolute Gasteiger partial charge is 0.273 e. The lowest BCUT2D eigenvalue weighted by atomic mass is 9.99. The van der Waals surface area contributed by atoms with Crippen molar-refractivity contribution < 1.29 is 19.1 Å². The molecule has 0 spiro atoms. The van der Waals surface area contributed by atoms with Crippen molar-refractivity contribution >= 4 is 51.5 Å². The van der Waals surface area contributed by atoms with E-state index in [1.54, 1.807) is 18.3 Å². The third-order valence-corrected chi connectivity index (χ3v) is 6.74. The van der Waals surface area contributed by atoms with E-state index >= 15 is 0 Å². The second kappa shape index (κ2) is 10.2. The molecule has 0 unspecified atom stereocenters. The van der Waals surface area contributed by atoms with E-state index in [2.05, 4.69) is 14.7 Å². The maximum atomic E-state index is 14.3. The zero-order chi connectivity index (χ0) is 27.8. The number of anilines is 2. The van der Waals surface area contributed by atoms with Crippen molar-refractivity contribution in [2.45, 2.75) is 39.3 Å². The van der Waals surface area contributed by atoms with Gasteiger partial charge in [-0.05, 0) is 63.0 Å². The molecule has 198 valence electrons. The highest BCUT2D eigenvalue weighted by molar-refractivity contribution is 7.09. The Morgan fingerprint density at radius 3 is 2.50 bits per heavy atom. The van der Waals surface area contributed by atoms with Crippen molar-refractivity contribution in [1.82, 2.24) is 14.7 Å². The van der Waals surface area contributed by atoms with E-state index in [1.165, 1.54) is 12.0 Å². The Labute approximate surface area is 224 Å². The van der Waals surface area contributed by atoms with Gasteiger partial charge in [0, 0.05) is 28.2 Å². The number of rotatable bonds is 7. The van der Waals surface area contributed by atoms with Crippen LogP contribution in [0.25, 0.3) is 10.9 Å². The molecule has 6 N–H and O–H groups in total. The number of primary amides is 1. The molecular weight excluding hydrogens is 504 g/mol. The summed E-state index contributed by atoms with van der Waals surface area (Å²) in [5.74, 6) is -1.53. The number of aromatic nitrogens is 2. The van der Waals surface area contributed by atoms with Crippen LogP contribution in [0.4, 0.5) is 11.4 Å². The van der Waals surface area contributed by atoms with Gasteiger partial charge < -0.3 is 26.5 Å². The Hall–Kier alpha value is -4.38. The van der Waals surface area contributed by atoms with Crippen LogP contribution in [0.15, 0.2) is 48.7 Å². The number of H-pyrrole nitrogens is 1. The number of carbonyl (C=O) groups excluding carboxylic acids is 3. The first-order valence-electron chi connectivity index (χ1n) is 11.8. The number of nitrogens with zero attached hydrogens (tertiary/aromatic N) is 2. The molecule has 0 aliphatic rings. The average Bonchev–Trinajstić information content (AvgIpc) is 3.44. The predicted molar refractivity (Wildman–Crippen MR) is 149 cm³/mol. The normalized spacial score (nSPS) is 12.2. The van der Waals surface area contributed by atoms with E-state index < -0.39 is 29.3 Å². The number of methoxy groups -OCH3 is 1. The predicted octanol–water partition coefficient (Wildman–Crippen LogP) is 3.93. The second-order valence-corrected chi connectivity index (χ2v) is 10.7. The number of hydrogen-bond acceptors (Lipinski definition) is 7. The van der Waals surface area contributed by atoms with Crippen LogP contribution in [-0.2, 0) is 4.79 Å². The van der Waals surface area contributed by atoms with Gasteiger partial charge in [-0.2, -0.15) is 4.37 Å². The van der Waals surface area contributed by atoms with Crippen LogP contribution in [0.1, 0.15) is 58.1 Å². The average molecular weight is 535 g/mol. The molecule has 2 aromatic heterocycles. The quantitative estimate of drug-likeness (QED) is 0.281. The molecule has 3 amide bonds. The molecule has 4 rings (SSSR count). The van der Waals surface area contributed by atoms with Crippen LogP contribution >= 0.6 is 11.5 Å². The molecule has 11 heteroatoms. The van der Waals surface area contributed by atoms with Crippen LogP contribution in [0.2, 0.25) is 0 Å². The van der Waals surface area contributed by atoms with Crippen molar-refractivity contribution in [3.05, 3.63) is 70.4 Å². The monoisotopic (exact) mass is 534 g/mol. The first kappa shape index (κ1) is 26.7. The zero-order valence-corrected chi connectivity index (χ0v) is 22.6. The summed E-state index contributed by atoms with van der Waals surface area (Å²) < 4.78 is 9.63. The van der Waals surface area contributed by atoms with E-state index in [9.17, 15) is 14.4 Å². The third kappa shape index (κ3) is 5.05. The van der Waals surface area contributed by atoms with Gasteiger partial charge in [-0.3, -0.25) is 19.3 Å². The van der Waals surface area contributed by atoms with Crippen molar-refractivity contribution in [3.63, 3.8) is 0 Å². The summed E-state index contributed by atoms with van der Waals surface area (Å²) in [7, 11) is 1.49. The Balaban J connectivity index is 2.03. The van der Waals surface area contributed by atoms with Crippen molar-refractivity contribution in [2.75, 3.05) is 17.7 Å². The lowest BCUT2D eigenvalue weighted by molar-refractivity contribution is -0.123. The molecule has 2 aromatic carbocycles. The number of carbonyl (C=O) groups is 3. The van der Waals surface area contributed by atoms with Crippen molar-refractivity contribution in [1.29, 1.82) is 0 Å². The summed E-state index contributed by atoms with van der Waals surface area (Å²) >= 11 is 0.749. The molecule has 0 bridgehead atoms. The number of ether oxygens (including phenoxy) is 1. The van der Waals surface area contributed by atoms with Crippen LogP contribution < -0.4 is 26.4 Å². The van der Waals surface area contributed by atoms with Gasteiger partial charge in [0.15, 0.2) is 5.69 Å². The van der Waals surface area contributed by atoms with E-state index in [-0.39, 0.29) is 16.3 Å². The first-order chi connectivity index (χ1) is 17.9. The summed E-state index contributed by atoms with van der Waals surface area (Å²) in [4.78, 5) is 44.8. The molecule has 2 heterocycles. The lowest BCUT2D eigenvalue weighted by Gasteiger charge is -2.34. The Morgan fingerprint density at radius 2 is 1.87 bits per heavy atom. The molecule has 0 saturated heterocycles. The lowest BCUT2D eigenvalue weighted by Crippen LogP contribution is -2.49. The molecule has 38 heavy (non-hydrogen) atoms. The summed E-state index contributed by atoms with van der Waals surface area (Å²) in [6.07, 6.45) is 1.71. The number of nitrogens with two attached hydrogens (primary N) is 2. The molecule has 0 aliphatic heterocycles. The number of amides is 3. The number of aryl methyl sites for hydroxylation is 1. The third-order valence-electron chi connectivity index (χ3n) is 5.89. The van der Waals surface area contributed by atoms with Gasteiger partial charge in [0.1, 0.15) is 16.7 Å². The highest BCUT2D eigenvalue weighted by Gasteiger charge is 2.39. The highest BCUT2D eigenvalue weighted by Crippen LogP contribution is 2.40. The van der Waals surface area contributed by atoms with E-state index in [1.807, 2.05) is 58.0 Å². The Kier molecular flexibility index (Phi) is 7.14. The van der Waals surface area contributed by atoms with E-state index in [0.717, 1.165) is 28.0 Å². The van der Waals surface area contributed by atoms with Gasteiger partial charge in [0.05, 0.1) is 18.5 Å². The molecule has 0 radical (unpaired) electrons. The molecule has 1 atom stereocenters. The number of aromatic amines is 1. The number of nitrogen functional groups attached to an aromatic ring is 1. The Morgan fingerprint density at radius 1 is 1.16 bits per heavy atom. The maximum absolute atomic E-state index is 14.3. The highest BCUT2D eigenvalue weighted by atomic mass is 32.1. The number of hydrogen-bond donors (Lipinski definition) is 4. The fourth-order valence-electron chi connectivity index (χ4n) is 4.25. The minimum Gasteiger partial charge on any atom is -0.495 e. The molecule has 0 saturated carbocycles. The fourth-order valence-corrected chi connectivity index (χ4v) is 4.99. The van der Waals surface area contributed by atoms with Gasteiger partial charge in [0.25, 0.3) is 11.8 Å². The van der Waals surface area contributed by atoms with Crippen molar-refractivity contribution in [3.8, 4) is 5.75 Å². The van der Waals surface area contributed by atoms with Crippen LogP contribution in [0.5, 0.6) is 5.75 Å².